The zero-order valence-electron chi connectivity index (χ0n) is 13.2. The zero-order chi connectivity index (χ0) is 15.9. The first-order chi connectivity index (χ1) is 10.5. The summed E-state index contributed by atoms with van der Waals surface area (Å²) >= 11 is 1.69. The third-order valence-electron chi connectivity index (χ3n) is 3.99. The van der Waals surface area contributed by atoms with Crippen molar-refractivity contribution >= 4 is 22.7 Å². The van der Waals surface area contributed by atoms with E-state index in [1.54, 1.807) is 24.9 Å². The molecule has 5 heteroatoms. The van der Waals surface area contributed by atoms with Crippen molar-refractivity contribution in [2.24, 2.45) is 5.92 Å². The first-order valence-corrected chi connectivity index (χ1v) is 8.28. The van der Waals surface area contributed by atoms with Crippen LogP contribution in [0.1, 0.15) is 30.5 Å². The molecule has 3 rings (SSSR count). The fraction of sp³-hybridized carbons (Fsp3) is 0.353. The van der Waals surface area contributed by atoms with E-state index in [2.05, 4.69) is 29.6 Å². The van der Waals surface area contributed by atoms with Gasteiger partial charge in [0.2, 0.25) is 0 Å². The minimum absolute atomic E-state index is 0.0369. The number of nitrogens with one attached hydrogen (secondary N) is 2. The summed E-state index contributed by atoms with van der Waals surface area (Å²) in [5.74, 6) is 1.24. The molecule has 1 unspecified atom stereocenters. The van der Waals surface area contributed by atoms with Crippen LogP contribution in [-0.2, 0) is 0 Å². The molecule has 0 amide bonds. The topological polar surface area (TPSA) is 54.1 Å². The number of aryl methyl sites for hydroxylation is 1. The molecule has 0 spiro atoms. The fourth-order valence-corrected chi connectivity index (χ4v) is 3.74. The van der Waals surface area contributed by atoms with Crippen molar-refractivity contribution in [3.8, 4) is 5.75 Å². The van der Waals surface area contributed by atoms with Crippen molar-refractivity contribution in [1.29, 1.82) is 0 Å². The summed E-state index contributed by atoms with van der Waals surface area (Å²) in [4.78, 5) is 15.8. The quantitative estimate of drug-likeness (QED) is 0.907. The summed E-state index contributed by atoms with van der Waals surface area (Å²) in [5, 5.41) is 6.36. The third kappa shape index (κ3) is 2.50. The van der Waals surface area contributed by atoms with Crippen molar-refractivity contribution in [3.63, 3.8) is 0 Å². The highest BCUT2D eigenvalue weighted by Crippen LogP contribution is 2.36. The lowest BCUT2D eigenvalue weighted by molar-refractivity contribution is 0.412. The molecule has 116 valence electrons. The van der Waals surface area contributed by atoms with E-state index in [-0.39, 0.29) is 10.8 Å². The van der Waals surface area contributed by atoms with E-state index in [0.717, 1.165) is 22.5 Å². The summed E-state index contributed by atoms with van der Waals surface area (Å²) in [6.07, 6.45) is 0. The second-order valence-electron chi connectivity index (χ2n) is 5.79. The van der Waals surface area contributed by atoms with E-state index in [1.807, 2.05) is 19.1 Å². The minimum Gasteiger partial charge on any atom is -0.496 e. The van der Waals surface area contributed by atoms with Crippen LogP contribution in [-0.4, -0.2) is 12.1 Å². The molecule has 1 aliphatic rings. The van der Waals surface area contributed by atoms with Crippen LogP contribution in [0.2, 0.25) is 0 Å². The molecule has 0 saturated carbocycles. The van der Waals surface area contributed by atoms with Crippen molar-refractivity contribution < 1.29 is 4.74 Å². The van der Waals surface area contributed by atoms with Gasteiger partial charge in [0.25, 0.3) is 0 Å². The van der Waals surface area contributed by atoms with Gasteiger partial charge in [0.05, 0.1) is 18.3 Å². The van der Waals surface area contributed by atoms with E-state index in [9.17, 15) is 4.79 Å². The van der Waals surface area contributed by atoms with Gasteiger partial charge in [-0.1, -0.05) is 13.8 Å². The summed E-state index contributed by atoms with van der Waals surface area (Å²) < 4.78 is 5.35. The lowest BCUT2D eigenvalue weighted by Crippen LogP contribution is -2.19. The first-order valence-electron chi connectivity index (χ1n) is 7.34. The Bertz CT molecular complexity index is 808. The summed E-state index contributed by atoms with van der Waals surface area (Å²) in [6.45, 7) is 6.27. The van der Waals surface area contributed by atoms with Gasteiger partial charge >= 0.3 is 0 Å². The molecular formula is C17H20N2O2S. The maximum absolute atomic E-state index is 12.4. The van der Waals surface area contributed by atoms with Gasteiger partial charge in [-0.2, -0.15) is 0 Å². The molecule has 1 aromatic carbocycles. The average molecular weight is 316 g/mol. The van der Waals surface area contributed by atoms with Crippen LogP contribution in [0, 0.1) is 12.8 Å². The highest BCUT2D eigenvalue weighted by atomic mass is 32.2. The van der Waals surface area contributed by atoms with Gasteiger partial charge in [0.1, 0.15) is 11.1 Å². The molecular weight excluding hydrogens is 296 g/mol. The van der Waals surface area contributed by atoms with E-state index in [1.165, 1.54) is 5.70 Å². The van der Waals surface area contributed by atoms with Crippen LogP contribution in [0.5, 0.6) is 5.75 Å². The van der Waals surface area contributed by atoms with E-state index >= 15 is 0 Å². The average Bonchev–Trinajstić information content (AvgIpc) is 2.98. The molecule has 0 radical (unpaired) electrons. The highest BCUT2D eigenvalue weighted by molar-refractivity contribution is 8.02. The Labute approximate surface area is 134 Å². The van der Waals surface area contributed by atoms with Crippen molar-refractivity contribution in [1.82, 2.24) is 10.3 Å². The molecule has 1 atom stereocenters. The number of thioether (sulfide) groups is 1. The monoisotopic (exact) mass is 316 g/mol. The molecule has 22 heavy (non-hydrogen) atoms. The maximum atomic E-state index is 12.4. The molecule has 2 aromatic rings. The number of aromatic amines is 1. The maximum Gasteiger partial charge on any atom is 0.189 e. The summed E-state index contributed by atoms with van der Waals surface area (Å²) in [5.41, 5.74) is 3.94. The number of aromatic nitrogens is 1. The van der Waals surface area contributed by atoms with Gasteiger partial charge in [0.15, 0.2) is 5.43 Å². The van der Waals surface area contributed by atoms with E-state index < -0.39 is 0 Å². The number of H-pyrrole nitrogens is 1. The Morgan fingerprint density at radius 2 is 2.09 bits per heavy atom. The van der Waals surface area contributed by atoms with Crippen LogP contribution in [0.4, 0.5) is 0 Å². The third-order valence-corrected chi connectivity index (χ3v) is 5.02. The number of rotatable bonds is 3. The van der Waals surface area contributed by atoms with E-state index in [4.69, 9.17) is 4.74 Å². The lowest BCUT2D eigenvalue weighted by atomic mass is 10.1. The zero-order valence-corrected chi connectivity index (χ0v) is 14.0. The number of ether oxygens (including phenoxy) is 1. The van der Waals surface area contributed by atoms with Crippen LogP contribution in [0.15, 0.2) is 34.1 Å². The Morgan fingerprint density at radius 3 is 2.73 bits per heavy atom. The smallest absolute Gasteiger partial charge is 0.189 e. The van der Waals surface area contributed by atoms with Gasteiger partial charge in [-0.3, -0.25) is 4.79 Å². The number of allylic oxidation sites excluding steroid dienone is 1. The Balaban J connectivity index is 2.06. The number of hydrogen-bond donors (Lipinski definition) is 2. The van der Waals surface area contributed by atoms with Crippen molar-refractivity contribution in [3.05, 3.63) is 50.8 Å². The SMILES string of the molecule is COc1ccc2c(=O)cc(C3NC(C(C)C)=CS3)[nH]c2c1C. The lowest BCUT2D eigenvalue weighted by Gasteiger charge is -2.16. The molecule has 0 bridgehead atoms. The number of fused-ring (bicyclic) bond motifs is 1. The predicted molar refractivity (Wildman–Crippen MR) is 92.2 cm³/mol. The molecule has 2 N–H and O–H groups in total. The van der Waals surface area contributed by atoms with Crippen LogP contribution >= 0.6 is 11.8 Å². The normalized spacial score (nSPS) is 17.7. The van der Waals surface area contributed by atoms with E-state index in [0.29, 0.717) is 11.3 Å². The highest BCUT2D eigenvalue weighted by Gasteiger charge is 2.22. The molecule has 2 heterocycles. The van der Waals surface area contributed by atoms with Gasteiger partial charge in [0, 0.05) is 22.7 Å². The number of benzene rings is 1. The Morgan fingerprint density at radius 1 is 1.32 bits per heavy atom. The number of pyridine rings is 1. The molecule has 4 nitrogen and oxygen atoms in total. The largest absolute Gasteiger partial charge is 0.496 e. The summed E-state index contributed by atoms with van der Waals surface area (Å²) in [7, 11) is 1.64. The van der Waals surface area contributed by atoms with Crippen molar-refractivity contribution in [2.75, 3.05) is 7.11 Å². The van der Waals surface area contributed by atoms with Crippen LogP contribution in [0.25, 0.3) is 10.9 Å². The minimum atomic E-state index is 0.0369. The fourth-order valence-electron chi connectivity index (χ4n) is 2.64. The number of hydrogen-bond acceptors (Lipinski definition) is 4. The van der Waals surface area contributed by atoms with Crippen LogP contribution in [0.3, 0.4) is 0 Å². The van der Waals surface area contributed by atoms with Gasteiger partial charge in [-0.15, -0.1) is 11.8 Å². The molecule has 1 aromatic heterocycles. The van der Waals surface area contributed by atoms with Crippen molar-refractivity contribution in [2.45, 2.75) is 26.1 Å². The van der Waals surface area contributed by atoms with Gasteiger partial charge in [-0.25, -0.2) is 0 Å². The molecule has 0 fully saturated rings. The molecule has 1 aliphatic heterocycles. The Kier molecular flexibility index (Phi) is 3.91. The van der Waals surface area contributed by atoms with Crippen LogP contribution < -0.4 is 15.5 Å². The molecule has 0 saturated heterocycles. The number of methoxy groups -OCH3 is 1. The molecule has 0 aliphatic carbocycles. The summed E-state index contributed by atoms with van der Waals surface area (Å²) in [6, 6.07) is 5.35. The second-order valence-corrected chi connectivity index (χ2v) is 6.77. The standard InChI is InChI=1S/C17H20N2O2S/c1-9(2)13-8-22-17(19-13)12-7-14(20)11-5-6-15(21-4)10(3)16(11)18-12/h5-9,17,19H,1-4H3,(H,18,20). The van der Waals surface area contributed by atoms with Gasteiger partial charge in [-0.05, 0) is 30.4 Å². The second kappa shape index (κ2) is 5.72. The van der Waals surface area contributed by atoms with Gasteiger partial charge < -0.3 is 15.0 Å². The predicted octanol–water partition coefficient (Wildman–Crippen LogP) is 3.68. The Hall–Kier alpha value is -1.88. The first kappa shape index (κ1) is 15.0.